The van der Waals surface area contributed by atoms with Gasteiger partial charge in [0.25, 0.3) is 0 Å². The van der Waals surface area contributed by atoms with Crippen molar-refractivity contribution in [1.29, 1.82) is 0 Å². The predicted octanol–water partition coefficient (Wildman–Crippen LogP) is 4.10. The van der Waals surface area contributed by atoms with Crippen LogP contribution in [0.1, 0.15) is 58.4 Å². The van der Waals surface area contributed by atoms with Crippen molar-refractivity contribution in [2.24, 2.45) is 0 Å². The molecule has 132 valence electrons. The van der Waals surface area contributed by atoms with Gasteiger partial charge in [-0.05, 0) is 52.0 Å². The van der Waals surface area contributed by atoms with E-state index in [1.165, 1.54) is 24.8 Å². The third-order valence-electron chi connectivity index (χ3n) is 5.05. The molecular weight excluding hydrogens is 300 g/mol. The van der Waals surface area contributed by atoms with E-state index in [4.69, 9.17) is 4.74 Å². The van der Waals surface area contributed by atoms with Gasteiger partial charge in [-0.25, -0.2) is 4.79 Å². The summed E-state index contributed by atoms with van der Waals surface area (Å²) >= 11 is 0. The minimum atomic E-state index is -0.437. The lowest BCUT2D eigenvalue weighted by molar-refractivity contribution is 0.0101. The normalized spacial score (nSPS) is 27.5. The van der Waals surface area contributed by atoms with Gasteiger partial charge in [0.2, 0.25) is 0 Å². The number of carbonyl (C=O) groups is 1. The molecule has 2 aliphatic rings. The van der Waals surface area contributed by atoms with E-state index >= 15 is 0 Å². The van der Waals surface area contributed by atoms with Crippen LogP contribution in [0.2, 0.25) is 0 Å². The molecule has 4 heteroatoms. The van der Waals surface area contributed by atoms with E-state index in [0.29, 0.717) is 12.1 Å². The summed E-state index contributed by atoms with van der Waals surface area (Å²) < 4.78 is 5.42. The number of hydrogen-bond acceptors (Lipinski definition) is 3. The van der Waals surface area contributed by atoms with Crippen molar-refractivity contribution in [3.05, 3.63) is 35.9 Å². The molecule has 1 amide bonds. The van der Waals surface area contributed by atoms with Gasteiger partial charge in [-0.1, -0.05) is 36.8 Å². The molecule has 0 aliphatic carbocycles. The summed E-state index contributed by atoms with van der Waals surface area (Å²) in [5.41, 5.74) is 0.946. The number of nitrogens with zero attached hydrogens (tertiary/aromatic N) is 1. The third-order valence-corrected chi connectivity index (χ3v) is 5.05. The van der Waals surface area contributed by atoms with Crippen molar-refractivity contribution in [3.63, 3.8) is 0 Å². The number of rotatable bonds is 3. The molecule has 0 radical (unpaired) electrons. The minimum Gasteiger partial charge on any atom is -0.444 e. The van der Waals surface area contributed by atoms with Crippen molar-refractivity contribution in [2.45, 2.75) is 83.1 Å². The molecule has 2 atom stereocenters. The van der Waals surface area contributed by atoms with E-state index in [9.17, 15) is 4.79 Å². The number of ether oxygens (including phenoxy) is 1. The average molecular weight is 330 g/mol. The fraction of sp³-hybridized carbons (Fsp3) is 0.650. The average Bonchev–Trinajstić information content (AvgIpc) is 2.47. The first kappa shape index (κ1) is 17.3. The summed E-state index contributed by atoms with van der Waals surface area (Å²) in [6.07, 6.45) is 5.55. The SMILES string of the molecule is CC(C)(C)OC(=O)NC1C[C@H]2CCC[C@H](C1)N2Cc1ccccc1. The van der Waals surface area contributed by atoms with E-state index < -0.39 is 5.60 Å². The Labute approximate surface area is 145 Å². The number of fused-ring (bicyclic) bond motifs is 2. The number of piperidine rings is 2. The molecule has 2 fully saturated rings. The first-order chi connectivity index (χ1) is 11.4. The molecule has 0 saturated carbocycles. The second kappa shape index (κ2) is 7.14. The smallest absolute Gasteiger partial charge is 0.407 e. The number of amides is 1. The number of nitrogens with one attached hydrogen (secondary N) is 1. The zero-order chi connectivity index (χ0) is 17.2. The fourth-order valence-electron chi connectivity index (χ4n) is 4.12. The first-order valence-electron chi connectivity index (χ1n) is 9.20. The summed E-state index contributed by atoms with van der Waals surface area (Å²) in [5.74, 6) is 0. The van der Waals surface area contributed by atoms with Gasteiger partial charge in [-0.15, -0.1) is 0 Å². The highest BCUT2D eigenvalue weighted by molar-refractivity contribution is 5.68. The lowest BCUT2D eigenvalue weighted by atomic mass is 9.81. The Kier molecular flexibility index (Phi) is 5.14. The Balaban J connectivity index is 1.60. The quantitative estimate of drug-likeness (QED) is 0.907. The van der Waals surface area contributed by atoms with Crippen molar-refractivity contribution in [3.8, 4) is 0 Å². The minimum absolute atomic E-state index is 0.238. The molecule has 24 heavy (non-hydrogen) atoms. The summed E-state index contributed by atoms with van der Waals surface area (Å²) in [4.78, 5) is 14.7. The Morgan fingerprint density at radius 2 is 1.79 bits per heavy atom. The van der Waals surface area contributed by atoms with Gasteiger partial charge in [-0.2, -0.15) is 0 Å². The maximum Gasteiger partial charge on any atom is 0.407 e. The van der Waals surface area contributed by atoms with E-state index in [0.717, 1.165) is 19.4 Å². The van der Waals surface area contributed by atoms with Crippen LogP contribution in [0.4, 0.5) is 4.79 Å². The van der Waals surface area contributed by atoms with E-state index in [1.54, 1.807) is 0 Å². The topological polar surface area (TPSA) is 41.6 Å². The lowest BCUT2D eigenvalue weighted by Crippen LogP contribution is -2.56. The zero-order valence-electron chi connectivity index (χ0n) is 15.1. The Morgan fingerprint density at radius 3 is 2.38 bits per heavy atom. The van der Waals surface area contributed by atoms with Gasteiger partial charge in [-0.3, -0.25) is 4.90 Å². The molecule has 3 rings (SSSR count). The molecule has 2 heterocycles. The van der Waals surface area contributed by atoms with E-state index in [1.807, 2.05) is 20.8 Å². The molecular formula is C20H30N2O2. The number of carbonyl (C=O) groups excluding carboxylic acids is 1. The highest BCUT2D eigenvalue weighted by Gasteiger charge is 2.38. The van der Waals surface area contributed by atoms with Gasteiger partial charge >= 0.3 is 6.09 Å². The molecule has 2 aliphatic heterocycles. The summed E-state index contributed by atoms with van der Waals surface area (Å²) in [6.45, 7) is 6.74. The monoisotopic (exact) mass is 330 g/mol. The van der Waals surface area contributed by atoms with Crippen LogP contribution in [0, 0.1) is 0 Å². The standard InChI is InChI=1S/C20H30N2O2/c1-20(2,3)24-19(23)21-16-12-17-10-7-11-18(13-16)22(17)14-15-8-5-4-6-9-15/h4-6,8-9,16-18H,7,10-14H2,1-3H3,(H,21,23)/t17-,18-/m1/s1. The first-order valence-corrected chi connectivity index (χ1v) is 9.20. The van der Waals surface area contributed by atoms with Crippen LogP contribution in [-0.2, 0) is 11.3 Å². The Bertz CT molecular complexity index is 539. The van der Waals surface area contributed by atoms with Crippen molar-refractivity contribution < 1.29 is 9.53 Å². The molecule has 0 unspecified atom stereocenters. The Morgan fingerprint density at radius 1 is 1.17 bits per heavy atom. The van der Waals surface area contributed by atoms with Crippen LogP contribution in [0.5, 0.6) is 0 Å². The molecule has 0 spiro atoms. The van der Waals surface area contributed by atoms with Crippen LogP contribution in [-0.4, -0.2) is 34.7 Å². The maximum atomic E-state index is 12.1. The molecule has 1 aromatic carbocycles. The van der Waals surface area contributed by atoms with Gasteiger partial charge in [0, 0.05) is 24.7 Å². The van der Waals surface area contributed by atoms with E-state index in [-0.39, 0.29) is 12.1 Å². The number of alkyl carbamates (subject to hydrolysis) is 1. The van der Waals surface area contributed by atoms with Gasteiger partial charge in [0.05, 0.1) is 0 Å². The van der Waals surface area contributed by atoms with Crippen LogP contribution in [0.3, 0.4) is 0 Å². The molecule has 2 bridgehead atoms. The largest absolute Gasteiger partial charge is 0.444 e. The lowest BCUT2D eigenvalue weighted by Gasteiger charge is -2.49. The molecule has 1 N–H and O–H groups in total. The zero-order valence-corrected chi connectivity index (χ0v) is 15.1. The summed E-state index contributed by atoms with van der Waals surface area (Å²) in [5, 5.41) is 3.10. The van der Waals surface area contributed by atoms with Crippen LogP contribution in [0.25, 0.3) is 0 Å². The second-order valence-electron chi connectivity index (χ2n) is 8.21. The van der Waals surface area contributed by atoms with Gasteiger partial charge < -0.3 is 10.1 Å². The maximum absolute atomic E-state index is 12.1. The highest BCUT2D eigenvalue weighted by Crippen LogP contribution is 2.35. The summed E-state index contributed by atoms with van der Waals surface area (Å²) in [7, 11) is 0. The highest BCUT2D eigenvalue weighted by atomic mass is 16.6. The van der Waals surface area contributed by atoms with Crippen molar-refractivity contribution >= 4 is 6.09 Å². The van der Waals surface area contributed by atoms with Crippen molar-refractivity contribution in [2.75, 3.05) is 0 Å². The number of hydrogen-bond donors (Lipinski definition) is 1. The van der Waals surface area contributed by atoms with Gasteiger partial charge in [0.15, 0.2) is 0 Å². The fourth-order valence-corrected chi connectivity index (χ4v) is 4.12. The van der Waals surface area contributed by atoms with Crippen molar-refractivity contribution in [1.82, 2.24) is 10.2 Å². The van der Waals surface area contributed by atoms with Crippen LogP contribution >= 0.6 is 0 Å². The molecule has 1 aromatic rings. The second-order valence-corrected chi connectivity index (χ2v) is 8.21. The molecule has 4 nitrogen and oxygen atoms in total. The summed E-state index contributed by atoms with van der Waals surface area (Å²) in [6, 6.07) is 12.1. The third kappa shape index (κ3) is 4.50. The predicted molar refractivity (Wildman–Crippen MR) is 95.8 cm³/mol. The molecule has 2 saturated heterocycles. The Hall–Kier alpha value is -1.55. The van der Waals surface area contributed by atoms with Crippen LogP contribution in [0.15, 0.2) is 30.3 Å². The van der Waals surface area contributed by atoms with Gasteiger partial charge in [0.1, 0.15) is 5.60 Å². The van der Waals surface area contributed by atoms with Crippen LogP contribution < -0.4 is 5.32 Å². The number of benzene rings is 1. The molecule has 0 aromatic heterocycles. The van der Waals surface area contributed by atoms with E-state index in [2.05, 4.69) is 40.5 Å².